The number of ether oxygens (including phenoxy) is 1. The van der Waals surface area contributed by atoms with Gasteiger partial charge in [0.15, 0.2) is 0 Å². The molecule has 0 aromatic carbocycles. The maximum Gasteiger partial charge on any atom is 0.224 e. The van der Waals surface area contributed by atoms with Crippen molar-refractivity contribution in [3.8, 4) is 0 Å². The molecule has 2 fully saturated rings. The molecule has 170 valence electrons. The summed E-state index contributed by atoms with van der Waals surface area (Å²) in [6.45, 7) is 13.6. The lowest BCUT2D eigenvalue weighted by Gasteiger charge is -2.46. The molecule has 0 aliphatic carbocycles. The summed E-state index contributed by atoms with van der Waals surface area (Å²) >= 11 is 6.35. The quantitative estimate of drug-likeness (QED) is 0.483. The lowest BCUT2D eigenvalue weighted by Crippen LogP contribution is -2.65. The maximum atomic E-state index is 13.2. The van der Waals surface area contributed by atoms with Crippen LogP contribution in [0, 0.1) is 11.8 Å². The van der Waals surface area contributed by atoms with Crippen molar-refractivity contribution < 1.29 is 24.9 Å². The summed E-state index contributed by atoms with van der Waals surface area (Å²) in [4.78, 5) is 15.5. The topological polar surface area (TPSA) is 102 Å². The van der Waals surface area contributed by atoms with E-state index in [0.717, 1.165) is 19.4 Å². The van der Waals surface area contributed by atoms with Crippen molar-refractivity contribution in [1.82, 2.24) is 10.2 Å². The normalized spacial score (nSPS) is 39.0. The number of amides is 1. The summed E-state index contributed by atoms with van der Waals surface area (Å²) in [6, 6.07) is -0.686. The Morgan fingerprint density at radius 2 is 1.83 bits per heavy atom. The average molecular weight is 435 g/mol. The molecule has 2 rings (SSSR count). The lowest BCUT2D eigenvalue weighted by atomic mass is 9.84. The van der Waals surface area contributed by atoms with Crippen LogP contribution in [0.5, 0.6) is 0 Å². The van der Waals surface area contributed by atoms with Crippen molar-refractivity contribution in [3.63, 3.8) is 0 Å². The first-order chi connectivity index (χ1) is 13.4. The van der Waals surface area contributed by atoms with Gasteiger partial charge in [-0.05, 0) is 47.0 Å². The van der Waals surface area contributed by atoms with Gasteiger partial charge in [-0.1, -0.05) is 13.3 Å². The molecule has 0 spiro atoms. The number of likely N-dealkylation sites (tertiary alicyclic amines) is 1. The summed E-state index contributed by atoms with van der Waals surface area (Å²) in [5, 5.41) is 33.0. The number of aliphatic hydroxyl groups excluding tert-OH is 3. The van der Waals surface area contributed by atoms with Gasteiger partial charge in [-0.2, -0.15) is 0 Å². The third-order valence-electron chi connectivity index (χ3n) is 6.48. The number of nitrogens with zero attached hydrogens (tertiary/aromatic N) is 1. The summed E-state index contributed by atoms with van der Waals surface area (Å²) in [5.74, 6) is 0.151. The molecule has 0 bridgehead atoms. The van der Waals surface area contributed by atoms with E-state index in [1.54, 1.807) is 13.8 Å². The molecule has 1 amide bonds. The molecule has 2 heterocycles. The molecule has 29 heavy (non-hydrogen) atoms. The Balaban J connectivity index is 2.14. The standard InChI is InChI=1S/C21H39ClN2O5/c1-7-13-8-14(10-24(9-13)21(4,5)6)20(28)23-15(11(2)22)19-18(27)17(26)16(25)12(3)29-19/h11-19,25-27H,7-10H2,1-6H3,(H,23,28)/t11?,12-,13?,14?,15?,16?,17+,18-,19?/m1/s1. The van der Waals surface area contributed by atoms with E-state index in [9.17, 15) is 20.1 Å². The molecule has 6 unspecified atom stereocenters. The monoisotopic (exact) mass is 434 g/mol. The highest BCUT2D eigenvalue weighted by Gasteiger charge is 2.47. The van der Waals surface area contributed by atoms with Crippen LogP contribution in [0.2, 0.25) is 0 Å². The lowest BCUT2D eigenvalue weighted by molar-refractivity contribution is -0.223. The molecule has 0 aromatic rings. The number of carbonyl (C=O) groups is 1. The predicted molar refractivity (Wildman–Crippen MR) is 113 cm³/mol. The maximum absolute atomic E-state index is 13.2. The molecule has 2 saturated heterocycles. The molecule has 2 aliphatic rings. The molecule has 0 saturated carbocycles. The zero-order valence-corrected chi connectivity index (χ0v) is 19.3. The van der Waals surface area contributed by atoms with E-state index in [-0.39, 0.29) is 17.4 Å². The van der Waals surface area contributed by atoms with E-state index >= 15 is 0 Å². The van der Waals surface area contributed by atoms with E-state index < -0.39 is 41.9 Å². The van der Waals surface area contributed by atoms with Crippen molar-refractivity contribution in [2.75, 3.05) is 13.1 Å². The summed E-state index contributed by atoms with van der Waals surface area (Å²) in [7, 11) is 0. The van der Waals surface area contributed by atoms with Crippen LogP contribution in [0.3, 0.4) is 0 Å². The fraction of sp³-hybridized carbons (Fsp3) is 0.952. The van der Waals surface area contributed by atoms with Gasteiger partial charge in [0.2, 0.25) is 5.91 Å². The van der Waals surface area contributed by atoms with Crippen LogP contribution in [0.1, 0.15) is 54.4 Å². The SMILES string of the molecule is CCC1CC(C(=O)NC(C(C)Cl)C2O[C@H](C)C(O)[C@H](O)[C@H]2O)CN(C(C)(C)C)C1. The van der Waals surface area contributed by atoms with E-state index in [1.807, 2.05) is 0 Å². The zero-order chi connectivity index (χ0) is 22.1. The van der Waals surface area contributed by atoms with Gasteiger partial charge in [0.05, 0.1) is 23.4 Å². The highest BCUT2D eigenvalue weighted by Crippen LogP contribution is 2.30. The van der Waals surface area contributed by atoms with Gasteiger partial charge in [0, 0.05) is 18.6 Å². The molecule has 0 aromatic heterocycles. The molecule has 2 aliphatic heterocycles. The highest BCUT2D eigenvalue weighted by atomic mass is 35.5. The highest BCUT2D eigenvalue weighted by molar-refractivity contribution is 6.21. The van der Waals surface area contributed by atoms with Crippen molar-refractivity contribution in [1.29, 1.82) is 0 Å². The number of alkyl halides is 1. The number of nitrogens with one attached hydrogen (secondary N) is 1. The van der Waals surface area contributed by atoms with Crippen LogP contribution in [-0.2, 0) is 9.53 Å². The van der Waals surface area contributed by atoms with Gasteiger partial charge in [0.1, 0.15) is 24.4 Å². The first kappa shape index (κ1) is 24.8. The van der Waals surface area contributed by atoms with Crippen molar-refractivity contribution >= 4 is 17.5 Å². The fourth-order valence-corrected chi connectivity index (χ4v) is 4.56. The van der Waals surface area contributed by atoms with Crippen LogP contribution in [0.25, 0.3) is 0 Å². The molecular weight excluding hydrogens is 396 g/mol. The smallest absolute Gasteiger partial charge is 0.224 e. The van der Waals surface area contributed by atoms with E-state index in [2.05, 4.69) is 37.9 Å². The first-order valence-electron chi connectivity index (χ1n) is 10.8. The van der Waals surface area contributed by atoms with Gasteiger partial charge in [0.25, 0.3) is 0 Å². The van der Waals surface area contributed by atoms with Gasteiger partial charge in [-0.25, -0.2) is 0 Å². The number of halogens is 1. The van der Waals surface area contributed by atoms with E-state index in [4.69, 9.17) is 16.3 Å². The molecule has 9 atom stereocenters. The first-order valence-corrected chi connectivity index (χ1v) is 11.2. The van der Waals surface area contributed by atoms with E-state index in [0.29, 0.717) is 12.5 Å². The Kier molecular flexibility index (Phi) is 8.38. The third kappa shape index (κ3) is 5.83. The summed E-state index contributed by atoms with van der Waals surface area (Å²) in [5.41, 5.74) is -0.0239. The van der Waals surface area contributed by atoms with E-state index in [1.165, 1.54) is 0 Å². The number of hydrogen-bond donors (Lipinski definition) is 4. The van der Waals surface area contributed by atoms with Gasteiger partial charge >= 0.3 is 0 Å². The number of hydrogen-bond acceptors (Lipinski definition) is 6. The fourth-order valence-electron chi connectivity index (χ4n) is 4.36. The predicted octanol–water partition coefficient (Wildman–Crippen LogP) is 1.12. The van der Waals surface area contributed by atoms with Crippen LogP contribution in [0.15, 0.2) is 0 Å². The number of aliphatic hydroxyl groups is 3. The van der Waals surface area contributed by atoms with Crippen molar-refractivity contribution in [2.45, 2.75) is 102 Å². The van der Waals surface area contributed by atoms with Gasteiger partial charge in [-0.3, -0.25) is 9.69 Å². The van der Waals surface area contributed by atoms with Crippen LogP contribution >= 0.6 is 11.6 Å². The Bertz CT molecular complexity index is 556. The second-order valence-corrected chi connectivity index (χ2v) is 10.5. The minimum atomic E-state index is -1.35. The van der Waals surface area contributed by atoms with Crippen molar-refractivity contribution in [2.24, 2.45) is 11.8 Å². The molecule has 0 radical (unpaired) electrons. The van der Waals surface area contributed by atoms with Crippen LogP contribution in [-0.4, -0.2) is 86.7 Å². The van der Waals surface area contributed by atoms with Gasteiger partial charge < -0.3 is 25.4 Å². The molecule has 4 N–H and O–H groups in total. The third-order valence-corrected chi connectivity index (χ3v) is 6.75. The number of carbonyl (C=O) groups excluding carboxylic acids is 1. The minimum absolute atomic E-state index is 0.0239. The number of rotatable bonds is 5. The van der Waals surface area contributed by atoms with Crippen molar-refractivity contribution in [3.05, 3.63) is 0 Å². The average Bonchev–Trinajstić information content (AvgIpc) is 2.66. The summed E-state index contributed by atoms with van der Waals surface area (Å²) in [6.07, 6.45) is -3.63. The Morgan fingerprint density at radius 3 is 2.34 bits per heavy atom. The van der Waals surface area contributed by atoms with Crippen LogP contribution < -0.4 is 5.32 Å². The minimum Gasteiger partial charge on any atom is -0.388 e. The Hall–Kier alpha value is -0.440. The Morgan fingerprint density at radius 1 is 1.21 bits per heavy atom. The molecule has 7 nitrogen and oxygen atoms in total. The zero-order valence-electron chi connectivity index (χ0n) is 18.5. The largest absolute Gasteiger partial charge is 0.388 e. The van der Waals surface area contributed by atoms with Gasteiger partial charge in [-0.15, -0.1) is 11.6 Å². The summed E-state index contributed by atoms with van der Waals surface area (Å²) < 4.78 is 5.74. The Labute approximate surface area is 179 Å². The van der Waals surface area contributed by atoms with Crippen LogP contribution in [0.4, 0.5) is 0 Å². The second-order valence-electron chi connectivity index (χ2n) is 9.77. The molecular formula is C21H39ClN2O5. The second kappa shape index (κ2) is 9.79. The number of piperidine rings is 1. The molecule has 8 heteroatoms.